The Morgan fingerprint density at radius 2 is 2.28 bits per heavy atom. The van der Waals surface area contributed by atoms with E-state index >= 15 is 0 Å². The number of hydrogen-bond donors (Lipinski definition) is 1. The third-order valence-electron chi connectivity index (χ3n) is 2.37. The van der Waals surface area contributed by atoms with Crippen LogP contribution in [0.2, 0.25) is 0 Å². The van der Waals surface area contributed by atoms with E-state index in [4.69, 9.17) is 0 Å². The lowest BCUT2D eigenvalue weighted by Crippen LogP contribution is -2.25. The van der Waals surface area contributed by atoms with Crippen molar-refractivity contribution in [3.8, 4) is 0 Å². The number of carbonyl (C=O) groups is 1. The van der Waals surface area contributed by atoms with Crippen LogP contribution in [0.5, 0.6) is 0 Å². The highest BCUT2D eigenvalue weighted by Gasteiger charge is 2.05. The predicted octanol–water partition coefficient (Wildman–Crippen LogP) is 3.06. The van der Waals surface area contributed by atoms with E-state index in [2.05, 4.69) is 23.3 Å². The largest absolute Gasteiger partial charge is 0.355 e. The molecule has 0 atom stereocenters. The van der Waals surface area contributed by atoms with E-state index in [1.165, 1.54) is 4.70 Å². The maximum Gasteiger partial charge on any atom is 0.230 e. The Bertz CT molecular complexity index is 491. The Labute approximate surface area is 115 Å². The number of thioether (sulfide) groups is 1. The molecule has 96 valence electrons. The van der Waals surface area contributed by atoms with Crippen LogP contribution >= 0.6 is 23.1 Å². The lowest BCUT2D eigenvalue weighted by Gasteiger charge is -2.01. The monoisotopic (exact) mass is 280 g/mol. The standard InChI is InChI=1S/C13H16N2OS2/c1-2-7-14-12(16)8-17-9-13-15-10-5-3-4-6-11(10)18-13/h3-6H,2,7-9H2,1H3,(H,14,16). The first-order chi connectivity index (χ1) is 8.79. The zero-order valence-electron chi connectivity index (χ0n) is 10.3. The molecule has 2 rings (SSSR count). The number of amides is 1. The molecule has 0 saturated heterocycles. The molecular weight excluding hydrogens is 264 g/mol. The number of benzene rings is 1. The number of fused-ring (bicyclic) bond motifs is 1. The molecule has 0 aliphatic rings. The summed E-state index contributed by atoms with van der Waals surface area (Å²) in [7, 11) is 0. The molecule has 0 aliphatic heterocycles. The number of carbonyl (C=O) groups excluding carboxylic acids is 1. The van der Waals surface area contributed by atoms with Crippen molar-refractivity contribution >= 4 is 39.2 Å². The number of nitrogens with one attached hydrogen (secondary N) is 1. The average molecular weight is 280 g/mol. The highest BCUT2D eigenvalue weighted by molar-refractivity contribution is 7.99. The summed E-state index contributed by atoms with van der Waals surface area (Å²) in [6.45, 7) is 2.81. The zero-order chi connectivity index (χ0) is 12.8. The van der Waals surface area contributed by atoms with Gasteiger partial charge in [0.15, 0.2) is 0 Å². The second-order valence-corrected chi connectivity index (χ2v) is 6.02. The van der Waals surface area contributed by atoms with Crippen molar-refractivity contribution in [2.24, 2.45) is 0 Å². The van der Waals surface area contributed by atoms with Gasteiger partial charge in [-0.25, -0.2) is 4.98 Å². The minimum atomic E-state index is 0.114. The molecule has 0 fully saturated rings. The fourth-order valence-corrected chi connectivity index (χ4v) is 3.41. The summed E-state index contributed by atoms with van der Waals surface area (Å²) >= 11 is 3.32. The van der Waals surface area contributed by atoms with Gasteiger partial charge in [-0.2, -0.15) is 0 Å². The van der Waals surface area contributed by atoms with E-state index < -0.39 is 0 Å². The Morgan fingerprint density at radius 1 is 1.44 bits per heavy atom. The maximum absolute atomic E-state index is 11.4. The smallest absolute Gasteiger partial charge is 0.230 e. The topological polar surface area (TPSA) is 42.0 Å². The van der Waals surface area contributed by atoms with E-state index in [1.807, 2.05) is 18.2 Å². The fraction of sp³-hybridized carbons (Fsp3) is 0.385. The Balaban J connectivity index is 1.81. The fourth-order valence-electron chi connectivity index (χ4n) is 1.53. The minimum Gasteiger partial charge on any atom is -0.355 e. The van der Waals surface area contributed by atoms with Crippen LogP contribution in [-0.4, -0.2) is 23.2 Å². The van der Waals surface area contributed by atoms with E-state index in [-0.39, 0.29) is 5.91 Å². The zero-order valence-corrected chi connectivity index (χ0v) is 11.9. The summed E-state index contributed by atoms with van der Waals surface area (Å²) in [4.78, 5) is 16.0. The second kappa shape index (κ2) is 6.75. The first kappa shape index (κ1) is 13.4. The first-order valence-corrected chi connectivity index (χ1v) is 7.95. The van der Waals surface area contributed by atoms with Gasteiger partial charge in [-0.1, -0.05) is 19.1 Å². The third-order valence-corrected chi connectivity index (χ3v) is 4.53. The van der Waals surface area contributed by atoms with Gasteiger partial charge >= 0.3 is 0 Å². The molecule has 0 radical (unpaired) electrons. The van der Waals surface area contributed by atoms with Gasteiger partial charge in [0.1, 0.15) is 5.01 Å². The highest BCUT2D eigenvalue weighted by Crippen LogP contribution is 2.24. The second-order valence-electron chi connectivity index (χ2n) is 3.92. The van der Waals surface area contributed by atoms with Gasteiger partial charge in [-0.05, 0) is 18.6 Å². The van der Waals surface area contributed by atoms with Gasteiger partial charge in [0.25, 0.3) is 0 Å². The summed E-state index contributed by atoms with van der Waals surface area (Å²) < 4.78 is 1.21. The van der Waals surface area contributed by atoms with Crippen LogP contribution in [0.25, 0.3) is 10.2 Å². The Morgan fingerprint density at radius 3 is 3.06 bits per heavy atom. The number of thiazole rings is 1. The Kier molecular flexibility index (Phi) is 5.01. The molecule has 0 saturated carbocycles. The molecule has 0 bridgehead atoms. The van der Waals surface area contributed by atoms with Crippen LogP contribution < -0.4 is 5.32 Å². The number of nitrogens with zero attached hydrogens (tertiary/aromatic N) is 1. The molecule has 1 heterocycles. The van der Waals surface area contributed by atoms with E-state index in [1.54, 1.807) is 23.1 Å². The van der Waals surface area contributed by atoms with Crippen molar-refractivity contribution in [3.05, 3.63) is 29.3 Å². The average Bonchev–Trinajstić information content (AvgIpc) is 2.79. The van der Waals surface area contributed by atoms with Gasteiger partial charge in [0, 0.05) is 12.3 Å². The van der Waals surface area contributed by atoms with Crippen LogP contribution in [-0.2, 0) is 10.5 Å². The Hall–Kier alpha value is -1.07. The first-order valence-electron chi connectivity index (χ1n) is 5.98. The SMILES string of the molecule is CCCNC(=O)CSCc1nc2ccccc2s1. The van der Waals surface area contributed by atoms with Gasteiger partial charge in [0.2, 0.25) is 5.91 Å². The van der Waals surface area contributed by atoms with E-state index in [0.29, 0.717) is 5.75 Å². The van der Waals surface area contributed by atoms with Crippen LogP contribution in [0, 0.1) is 0 Å². The van der Waals surface area contributed by atoms with Gasteiger partial charge < -0.3 is 5.32 Å². The van der Waals surface area contributed by atoms with Crippen molar-refractivity contribution in [2.45, 2.75) is 19.1 Å². The summed E-state index contributed by atoms with van der Waals surface area (Å²) in [5, 5.41) is 3.96. The summed E-state index contributed by atoms with van der Waals surface area (Å²) in [6.07, 6.45) is 0.980. The molecule has 18 heavy (non-hydrogen) atoms. The molecule has 1 aromatic heterocycles. The van der Waals surface area contributed by atoms with E-state index in [0.717, 1.165) is 29.2 Å². The lowest BCUT2D eigenvalue weighted by atomic mass is 10.3. The van der Waals surface area contributed by atoms with Crippen LogP contribution in [0.15, 0.2) is 24.3 Å². The summed E-state index contributed by atoms with van der Waals surface area (Å²) in [5.74, 6) is 1.43. The number of hydrogen-bond acceptors (Lipinski definition) is 4. The van der Waals surface area contributed by atoms with Crippen molar-refractivity contribution in [2.75, 3.05) is 12.3 Å². The van der Waals surface area contributed by atoms with Crippen LogP contribution in [0.4, 0.5) is 0 Å². The van der Waals surface area contributed by atoms with Crippen LogP contribution in [0.1, 0.15) is 18.4 Å². The molecule has 0 spiro atoms. The van der Waals surface area contributed by atoms with Gasteiger partial charge in [-0.15, -0.1) is 23.1 Å². The molecular formula is C13H16N2OS2. The molecule has 1 N–H and O–H groups in total. The maximum atomic E-state index is 11.4. The van der Waals surface area contributed by atoms with Crippen LogP contribution in [0.3, 0.4) is 0 Å². The van der Waals surface area contributed by atoms with Crippen molar-refractivity contribution < 1.29 is 4.79 Å². The molecule has 5 heteroatoms. The summed E-state index contributed by atoms with van der Waals surface area (Å²) in [6, 6.07) is 8.12. The third kappa shape index (κ3) is 3.71. The van der Waals surface area contributed by atoms with E-state index in [9.17, 15) is 4.79 Å². The van der Waals surface area contributed by atoms with Gasteiger partial charge in [-0.3, -0.25) is 4.79 Å². The van der Waals surface area contributed by atoms with Crippen molar-refractivity contribution in [1.82, 2.24) is 10.3 Å². The quantitative estimate of drug-likeness (QED) is 0.884. The van der Waals surface area contributed by atoms with Crippen molar-refractivity contribution in [1.29, 1.82) is 0 Å². The molecule has 2 aromatic rings. The molecule has 1 amide bonds. The normalized spacial score (nSPS) is 10.7. The van der Waals surface area contributed by atoms with Crippen molar-refractivity contribution in [3.63, 3.8) is 0 Å². The van der Waals surface area contributed by atoms with Gasteiger partial charge in [0.05, 0.1) is 16.0 Å². The molecule has 0 unspecified atom stereocenters. The predicted molar refractivity (Wildman–Crippen MR) is 79.1 cm³/mol. The molecule has 3 nitrogen and oxygen atoms in total. The minimum absolute atomic E-state index is 0.114. The lowest BCUT2D eigenvalue weighted by molar-refractivity contribution is -0.118. The highest BCUT2D eigenvalue weighted by atomic mass is 32.2. The number of rotatable bonds is 6. The molecule has 1 aromatic carbocycles. The summed E-state index contributed by atoms with van der Waals surface area (Å²) in [5.41, 5.74) is 1.05. The molecule has 0 aliphatic carbocycles. The number of aromatic nitrogens is 1. The number of para-hydroxylation sites is 1.